The Labute approximate surface area is 178 Å². The van der Waals surface area contributed by atoms with Gasteiger partial charge < -0.3 is 5.32 Å². The predicted octanol–water partition coefficient (Wildman–Crippen LogP) is 4.05. The van der Waals surface area contributed by atoms with E-state index in [4.69, 9.17) is 11.6 Å². The molecule has 1 aliphatic rings. The van der Waals surface area contributed by atoms with Crippen LogP contribution in [0, 0.1) is 6.92 Å². The van der Waals surface area contributed by atoms with Crippen LogP contribution in [0.5, 0.6) is 0 Å². The number of fused-ring (bicyclic) bond motifs is 1. The summed E-state index contributed by atoms with van der Waals surface area (Å²) in [6, 6.07) is 17.2. The Bertz CT molecular complexity index is 1110. The Morgan fingerprint density at radius 2 is 1.90 bits per heavy atom. The van der Waals surface area contributed by atoms with Crippen LogP contribution < -0.4 is 16.2 Å². The molecule has 6 nitrogen and oxygen atoms in total. The highest BCUT2D eigenvalue weighted by Gasteiger charge is 2.26. The Hall–Kier alpha value is -2.77. The fourth-order valence-corrected chi connectivity index (χ4v) is 3.68. The van der Waals surface area contributed by atoms with Gasteiger partial charge in [0.15, 0.2) is 5.96 Å². The minimum Gasteiger partial charge on any atom is -0.331 e. The zero-order valence-electron chi connectivity index (χ0n) is 16.0. The van der Waals surface area contributed by atoms with Crippen molar-refractivity contribution in [2.75, 3.05) is 11.6 Å². The van der Waals surface area contributed by atoms with Gasteiger partial charge in [-0.1, -0.05) is 35.9 Å². The summed E-state index contributed by atoms with van der Waals surface area (Å²) < 4.78 is 1.61. The molecule has 0 aliphatic carbocycles. The molecule has 148 valence electrons. The number of anilines is 1. The second-order valence-electron chi connectivity index (χ2n) is 6.67. The third kappa shape index (κ3) is 4.31. The van der Waals surface area contributed by atoms with Crippen LogP contribution >= 0.6 is 23.4 Å². The highest BCUT2D eigenvalue weighted by Crippen LogP contribution is 2.24. The van der Waals surface area contributed by atoms with Crippen molar-refractivity contribution in [3.05, 3.63) is 86.8 Å². The maximum atomic E-state index is 12.7. The van der Waals surface area contributed by atoms with Gasteiger partial charge in [0.1, 0.15) is 6.17 Å². The average molecular weight is 426 g/mol. The van der Waals surface area contributed by atoms with E-state index in [1.807, 2.05) is 54.8 Å². The quantitative estimate of drug-likeness (QED) is 0.617. The number of nitrogens with one attached hydrogen (secondary N) is 2. The van der Waals surface area contributed by atoms with Gasteiger partial charge in [0.25, 0.3) is 5.56 Å². The number of benzene rings is 2. The molecule has 0 bridgehead atoms. The lowest BCUT2D eigenvalue weighted by atomic mass is 10.1. The summed E-state index contributed by atoms with van der Waals surface area (Å²) >= 11 is 7.63. The van der Waals surface area contributed by atoms with E-state index in [1.54, 1.807) is 23.3 Å². The highest BCUT2D eigenvalue weighted by atomic mass is 35.5. The number of rotatable bonds is 4. The number of hydrogen-bond donors (Lipinski definition) is 2. The maximum absolute atomic E-state index is 12.7. The van der Waals surface area contributed by atoms with E-state index in [9.17, 15) is 4.79 Å². The van der Waals surface area contributed by atoms with E-state index in [0.29, 0.717) is 29.2 Å². The largest absolute Gasteiger partial charge is 0.331 e. The molecule has 2 aromatic carbocycles. The Morgan fingerprint density at radius 3 is 2.59 bits per heavy atom. The molecule has 1 atom stereocenters. The molecular weight excluding hydrogens is 406 g/mol. The highest BCUT2D eigenvalue weighted by molar-refractivity contribution is 7.98. The van der Waals surface area contributed by atoms with Crippen LogP contribution in [0.1, 0.15) is 23.0 Å². The monoisotopic (exact) mass is 425 g/mol. The van der Waals surface area contributed by atoms with Gasteiger partial charge in [0.05, 0.1) is 6.54 Å². The SMILES string of the molecule is CSc1ccc([C@@H]2NC(=NCc3ccc(Cl)cc3)Nc3nc(C)cc(=O)n32)cc1. The molecule has 0 amide bonds. The first-order valence-corrected chi connectivity index (χ1v) is 10.7. The smallest absolute Gasteiger partial charge is 0.257 e. The molecule has 0 spiro atoms. The van der Waals surface area contributed by atoms with Crippen LogP contribution in [0.25, 0.3) is 0 Å². The minimum absolute atomic E-state index is 0.122. The molecule has 0 unspecified atom stereocenters. The summed E-state index contributed by atoms with van der Waals surface area (Å²) in [6.45, 7) is 2.28. The van der Waals surface area contributed by atoms with Crippen molar-refractivity contribution in [3.63, 3.8) is 0 Å². The molecule has 0 saturated carbocycles. The standard InChI is InChI=1S/C21H20ClN5OS/c1-13-11-18(28)27-19(15-5-9-17(29-2)10-6-15)25-20(26-21(27)24-13)23-12-14-3-7-16(22)8-4-14/h3-11,19H,12H2,1-2H3,(H2,23,24,25,26)/t19-/m1/s1. The summed E-state index contributed by atoms with van der Waals surface area (Å²) in [7, 11) is 0. The number of halogens is 1. The number of aryl methyl sites for hydroxylation is 1. The summed E-state index contributed by atoms with van der Waals surface area (Å²) in [4.78, 5) is 23.0. The zero-order chi connectivity index (χ0) is 20.4. The molecule has 0 radical (unpaired) electrons. The molecule has 29 heavy (non-hydrogen) atoms. The molecule has 1 aliphatic heterocycles. The van der Waals surface area contributed by atoms with Crippen LogP contribution in [0.2, 0.25) is 5.02 Å². The van der Waals surface area contributed by atoms with Crippen molar-refractivity contribution in [2.45, 2.75) is 24.5 Å². The summed E-state index contributed by atoms with van der Waals surface area (Å²) in [5.74, 6) is 1.04. The molecule has 2 heterocycles. The van der Waals surface area contributed by atoms with Gasteiger partial charge in [-0.3, -0.25) is 14.7 Å². The third-order valence-corrected chi connectivity index (χ3v) is 5.60. The van der Waals surface area contributed by atoms with Crippen molar-refractivity contribution in [3.8, 4) is 0 Å². The first kappa shape index (κ1) is 19.5. The molecule has 4 rings (SSSR count). The molecular formula is C21H20ClN5OS. The fraction of sp³-hybridized carbons (Fsp3) is 0.190. The Morgan fingerprint density at radius 1 is 1.17 bits per heavy atom. The van der Waals surface area contributed by atoms with Gasteiger partial charge in [-0.05, 0) is 48.6 Å². The number of aliphatic imine (C=N–C) groups is 1. The molecule has 8 heteroatoms. The third-order valence-electron chi connectivity index (χ3n) is 4.61. The van der Waals surface area contributed by atoms with Crippen molar-refractivity contribution in [2.24, 2.45) is 4.99 Å². The lowest BCUT2D eigenvalue weighted by Gasteiger charge is -2.31. The van der Waals surface area contributed by atoms with Crippen LogP contribution in [0.3, 0.4) is 0 Å². The van der Waals surface area contributed by atoms with Crippen molar-refractivity contribution < 1.29 is 0 Å². The van der Waals surface area contributed by atoms with Gasteiger partial charge in [0.2, 0.25) is 5.95 Å². The molecule has 2 N–H and O–H groups in total. The van der Waals surface area contributed by atoms with Gasteiger partial charge in [-0.15, -0.1) is 11.8 Å². The number of nitrogens with zero attached hydrogens (tertiary/aromatic N) is 3. The van der Waals surface area contributed by atoms with E-state index < -0.39 is 6.17 Å². The Balaban J connectivity index is 1.70. The van der Waals surface area contributed by atoms with Gasteiger partial charge in [-0.2, -0.15) is 0 Å². The lowest BCUT2D eigenvalue weighted by Crippen LogP contribution is -2.48. The zero-order valence-corrected chi connectivity index (χ0v) is 17.6. The van der Waals surface area contributed by atoms with E-state index in [1.165, 1.54) is 6.07 Å². The van der Waals surface area contributed by atoms with Gasteiger partial charge in [-0.25, -0.2) is 9.98 Å². The second-order valence-corrected chi connectivity index (χ2v) is 7.98. The van der Waals surface area contributed by atoms with E-state index in [2.05, 4.69) is 20.6 Å². The Kier molecular flexibility index (Phi) is 5.60. The first-order chi connectivity index (χ1) is 14.0. The van der Waals surface area contributed by atoms with Crippen LogP contribution in [-0.2, 0) is 6.54 Å². The summed E-state index contributed by atoms with van der Waals surface area (Å²) in [5.41, 5.74) is 2.52. The van der Waals surface area contributed by atoms with Crippen molar-refractivity contribution in [1.82, 2.24) is 14.9 Å². The van der Waals surface area contributed by atoms with Crippen LogP contribution in [0.4, 0.5) is 5.95 Å². The van der Waals surface area contributed by atoms with E-state index in [-0.39, 0.29) is 5.56 Å². The van der Waals surface area contributed by atoms with Gasteiger partial charge in [0, 0.05) is 21.7 Å². The van der Waals surface area contributed by atoms with E-state index >= 15 is 0 Å². The lowest BCUT2D eigenvalue weighted by molar-refractivity contribution is 0.514. The van der Waals surface area contributed by atoms with E-state index in [0.717, 1.165) is 16.0 Å². The van der Waals surface area contributed by atoms with Gasteiger partial charge >= 0.3 is 0 Å². The summed E-state index contributed by atoms with van der Waals surface area (Å²) in [6.07, 6.45) is 1.64. The first-order valence-electron chi connectivity index (χ1n) is 9.10. The van der Waals surface area contributed by atoms with Crippen LogP contribution in [0.15, 0.2) is 69.3 Å². The molecule has 3 aromatic rings. The normalized spacial score (nSPS) is 16.8. The maximum Gasteiger partial charge on any atom is 0.257 e. The van der Waals surface area contributed by atoms with Crippen molar-refractivity contribution >= 4 is 35.3 Å². The molecule has 0 fully saturated rings. The fourth-order valence-electron chi connectivity index (χ4n) is 3.14. The summed E-state index contributed by atoms with van der Waals surface area (Å²) in [5, 5.41) is 7.17. The number of guanidine groups is 1. The predicted molar refractivity (Wildman–Crippen MR) is 119 cm³/mol. The molecule has 0 saturated heterocycles. The number of thioether (sulfide) groups is 1. The second kappa shape index (κ2) is 8.31. The minimum atomic E-state index is -0.397. The molecule has 1 aromatic heterocycles. The average Bonchev–Trinajstić information content (AvgIpc) is 2.72. The topological polar surface area (TPSA) is 71.3 Å². The number of aromatic nitrogens is 2. The number of hydrogen-bond acceptors (Lipinski definition) is 4. The van der Waals surface area contributed by atoms with Crippen molar-refractivity contribution in [1.29, 1.82) is 0 Å². The van der Waals surface area contributed by atoms with Crippen LogP contribution in [-0.4, -0.2) is 21.8 Å².